The third-order valence-corrected chi connectivity index (χ3v) is 8.17. The van der Waals surface area contributed by atoms with Gasteiger partial charge in [-0.1, -0.05) is 95.7 Å². The first-order valence-corrected chi connectivity index (χ1v) is 20.4. The molecule has 1 aliphatic heterocycles. The van der Waals surface area contributed by atoms with E-state index in [0.717, 1.165) is 15.9 Å². The molecule has 0 spiro atoms. The molecular weight excluding hydrogens is 599 g/mol. The van der Waals surface area contributed by atoms with Crippen LogP contribution in [0.3, 0.4) is 0 Å². The van der Waals surface area contributed by atoms with Crippen molar-refractivity contribution >= 4 is 47.7 Å². The number of halogens is 2. The number of rotatable bonds is 4. The third kappa shape index (κ3) is 6.83. The molecular formula is C34H32Cl2SiZr. The zero-order valence-electron chi connectivity index (χ0n) is 22.5. The fourth-order valence-electron chi connectivity index (χ4n) is 5.30. The molecule has 0 saturated carbocycles. The van der Waals surface area contributed by atoms with E-state index in [0.29, 0.717) is 0 Å². The molecule has 0 aliphatic carbocycles. The maximum absolute atomic E-state index is 4.93. The summed E-state index contributed by atoms with van der Waals surface area (Å²) in [4.78, 5) is 0. The zero-order chi connectivity index (χ0) is 27.1. The Labute approximate surface area is 249 Å². The van der Waals surface area contributed by atoms with Crippen molar-refractivity contribution in [2.75, 3.05) is 0 Å². The van der Waals surface area contributed by atoms with Gasteiger partial charge in [-0.3, -0.25) is 0 Å². The predicted molar refractivity (Wildman–Crippen MR) is 165 cm³/mol. The molecule has 0 amide bonds. The fourth-order valence-corrected chi connectivity index (χ4v) is 6.61. The number of aryl methyl sites for hydroxylation is 4. The predicted octanol–water partition coefficient (Wildman–Crippen LogP) is 8.86. The van der Waals surface area contributed by atoms with Gasteiger partial charge in [0.25, 0.3) is 0 Å². The molecule has 5 aromatic rings. The van der Waals surface area contributed by atoms with Crippen LogP contribution in [0.1, 0.15) is 42.5 Å². The molecule has 6 rings (SSSR count). The molecule has 0 bridgehead atoms. The van der Waals surface area contributed by atoms with Gasteiger partial charge in [0, 0.05) is 0 Å². The first-order chi connectivity index (χ1) is 18.5. The van der Waals surface area contributed by atoms with Gasteiger partial charge < -0.3 is 0 Å². The van der Waals surface area contributed by atoms with Crippen molar-refractivity contribution in [1.82, 2.24) is 0 Å². The maximum Gasteiger partial charge on any atom is 0.0920 e. The fraction of sp³-hybridized carbons (Fsp3) is 0.206. The topological polar surface area (TPSA) is 0 Å². The van der Waals surface area contributed by atoms with Gasteiger partial charge >= 0.3 is 37.9 Å². The SMILES string of the molecule is CCCc1cc2c(-c3cc(C)cc(C)c3)c(CC)ccc2[cH-]1.[Cl][Zr+2][Cl].[c-]1cccc2c1[Si]c1ccccc1-2. The normalized spacial score (nSPS) is 11.0. The molecule has 0 atom stereocenters. The smallest absolute Gasteiger partial charge is 0.0920 e. The summed E-state index contributed by atoms with van der Waals surface area (Å²) in [5.41, 5.74) is 11.2. The molecule has 1 heterocycles. The largest absolute Gasteiger partial charge is 0.184 e. The number of benzene rings is 4. The second kappa shape index (κ2) is 14.0. The monoisotopic (exact) mass is 628 g/mol. The number of fused-ring (bicyclic) bond motifs is 4. The summed E-state index contributed by atoms with van der Waals surface area (Å²) >= 11 is -0.826. The molecule has 0 unspecified atom stereocenters. The van der Waals surface area contributed by atoms with E-state index in [1.165, 1.54) is 78.5 Å². The van der Waals surface area contributed by atoms with E-state index < -0.39 is 20.8 Å². The van der Waals surface area contributed by atoms with E-state index >= 15 is 0 Å². The average molecular weight is 631 g/mol. The summed E-state index contributed by atoms with van der Waals surface area (Å²) < 4.78 is 0. The third-order valence-electron chi connectivity index (χ3n) is 6.80. The quantitative estimate of drug-likeness (QED) is 0.135. The molecule has 5 aromatic carbocycles. The second-order valence-corrected chi connectivity index (χ2v) is 14.7. The van der Waals surface area contributed by atoms with Gasteiger partial charge in [-0.2, -0.15) is 35.5 Å². The van der Waals surface area contributed by atoms with Crippen LogP contribution in [0.4, 0.5) is 0 Å². The molecule has 2 radical (unpaired) electrons. The van der Waals surface area contributed by atoms with Gasteiger partial charge in [0.1, 0.15) is 0 Å². The molecule has 1 aliphatic rings. The van der Waals surface area contributed by atoms with Gasteiger partial charge in [0.2, 0.25) is 0 Å². The van der Waals surface area contributed by atoms with E-state index in [9.17, 15) is 0 Å². The molecule has 4 heteroatoms. The number of hydrogen-bond donors (Lipinski definition) is 0. The Kier molecular flexibility index (Phi) is 10.7. The standard InChI is InChI=1S/C22H25.C12H7Si.2ClH.Zr/c1-5-7-17-13-19-9-8-18(6-2)22(21(19)14-17)20-11-15(3)10-16(4)12-20;1-3-7-11-9(5-1)10-6-2-4-8-12(10)13-11;;;/h8-14H,5-7H2,1-4H3;1-7H;2*1H;/q2*-1;;;+4/p-2. The Morgan fingerprint density at radius 1 is 0.868 bits per heavy atom. The Morgan fingerprint density at radius 2 is 1.58 bits per heavy atom. The van der Waals surface area contributed by atoms with Crippen LogP contribution < -0.4 is 10.4 Å². The van der Waals surface area contributed by atoms with Gasteiger partial charge in [-0.05, 0) is 32.3 Å². The van der Waals surface area contributed by atoms with E-state index in [4.69, 9.17) is 17.0 Å². The van der Waals surface area contributed by atoms with Crippen LogP contribution in [0.15, 0.2) is 84.9 Å². The van der Waals surface area contributed by atoms with Crippen LogP contribution in [-0.4, -0.2) is 9.52 Å². The van der Waals surface area contributed by atoms with Crippen LogP contribution in [0.25, 0.3) is 33.0 Å². The van der Waals surface area contributed by atoms with E-state index in [2.05, 4.69) is 113 Å². The van der Waals surface area contributed by atoms with Gasteiger partial charge in [0.15, 0.2) is 0 Å². The molecule has 0 saturated heterocycles. The van der Waals surface area contributed by atoms with Crippen LogP contribution in [0.2, 0.25) is 0 Å². The Morgan fingerprint density at radius 3 is 2.29 bits per heavy atom. The second-order valence-electron chi connectivity index (χ2n) is 9.65. The summed E-state index contributed by atoms with van der Waals surface area (Å²) in [5.74, 6) is 0. The van der Waals surface area contributed by atoms with Crippen LogP contribution in [0.5, 0.6) is 0 Å². The summed E-state index contributed by atoms with van der Waals surface area (Å²) in [7, 11) is 10.7. The molecule has 0 aromatic heterocycles. The van der Waals surface area contributed by atoms with E-state index in [-0.39, 0.29) is 0 Å². The van der Waals surface area contributed by atoms with Crippen molar-refractivity contribution < 1.29 is 20.8 Å². The van der Waals surface area contributed by atoms with Crippen molar-refractivity contribution in [1.29, 1.82) is 0 Å². The first kappa shape index (κ1) is 29.2. The first-order valence-electron chi connectivity index (χ1n) is 13.1. The van der Waals surface area contributed by atoms with Crippen LogP contribution >= 0.6 is 17.0 Å². The van der Waals surface area contributed by atoms with Crippen molar-refractivity contribution in [3.63, 3.8) is 0 Å². The molecule has 38 heavy (non-hydrogen) atoms. The maximum atomic E-state index is 4.93. The summed E-state index contributed by atoms with van der Waals surface area (Å²) in [6.07, 6.45) is 3.45. The molecule has 0 nitrogen and oxygen atoms in total. The molecule has 0 fully saturated rings. The van der Waals surface area contributed by atoms with Crippen LogP contribution in [0, 0.1) is 19.9 Å². The average Bonchev–Trinajstić information content (AvgIpc) is 3.49. The molecule has 0 N–H and O–H groups in total. The number of hydrogen-bond acceptors (Lipinski definition) is 0. The molecule has 190 valence electrons. The summed E-state index contributed by atoms with van der Waals surface area (Å²) in [6, 6.07) is 34.5. The Bertz CT molecular complexity index is 1460. The van der Waals surface area contributed by atoms with Crippen LogP contribution in [-0.2, 0) is 33.7 Å². The van der Waals surface area contributed by atoms with E-state index in [1.54, 1.807) is 0 Å². The summed E-state index contributed by atoms with van der Waals surface area (Å²) in [5, 5.41) is 5.63. The minimum absolute atomic E-state index is 0.795. The van der Waals surface area contributed by atoms with Crippen molar-refractivity contribution in [3.8, 4) is 22.3 Å². The van der Waals surface area contributed by atoms with Gasteiger partial charge in [0.05, 0.1) is 9.52 Å². The Balaban J connectivity index is 0.000000177. The van der Waals surface area contributed by atoms with Crippen molar-refractivity contribution in [2.45, 2.75) is 47.0 Å². The van der Waals surface area contributed by atoms with E-state index in [1.807, 2.05) is 6.07 Å². The van der Waals surface area contributed by atoms with Crippen molar-refractivity contribution in [2.24, 2.45) is 0 Å². The Hall–Kier alpha value is -1.83. The minimum Gasteiger partial charge on any atom is -0.184 e. The van der Waals surface area contributed by atoms with Gasteiger partial charge in [-0.15, -0.1) is 40.1 Å². The zero-order valence-corrected chi connectivity index (χ0v) is 27.4. The summed E-state index contributed by atoms with van der Waals surface area (Å²) in [6.45, 7) is 8.88. The minimum atomic E-state index is -0.826. The van der Waals surface area contributed by atoms with Crippen molar-refractivity contribution in [3.05, 3.63) is 113 Å². The van der Waals surface area contributed by atoms with Gasteiger partial charge in [-0.25, -0.2) is 0 Å².